The van der Waals surface area contributed by atoms with Gasteiger partial charge < -0.3 is 19.7 Å². The number of phenolic OH excluding ortho intramolecular Hbond substituents is 2. The van der Waals surface area contributed by atoms with Crippen molar-refractivity contribution < 1.29 is 34.1 Å². The predicted octanol–water partition coefficient (Wildman–Crippen LogP) is 3.49. The second-order valence-corrected chi connectivity index (χ2v) is 7.13. The van der Waals surface area contributed by atoms with Crippen molar-refractivity contribution in [3.8, 4) is 11.5 Å². The first-order chi connectivity index (χ1) is 13.6. The molecule has 1 aromatic carbocycles. The molecule has 2 rings (SSSR count). The second-order valence-electron chi connectivity index (χ2n) is 7.13. The Kier molecular flexibility index (Phi) is 7.34. The van der Waals surface area contributed by atoms with Gasteiger partial charge in [0.2, 0.25) is 0 Å². The van der Waals surface area contributed by atoms with Gasteiger partial charge in [0.05, 0.1) is 23.8 Å². The molecule has 0 radical (unpaired) electrons. The SMILES string of the molecule is CCC(CO[C@H](CC=C(C)C)C1=CC(=O)c2c(O)ccc(O)c2C1=O)OC(C)=O. The summed E-state index contributed by atoms with van der Waals surface area (Å²) in [4.78, 5) is 36.8. The molecule has 0 spiro atoms. The number of Topliss-reactive ketones (excluding diaryl/α,β-unsaturated/α-hetero) is 1. The van der Waals surface area contributed by atoms with E-state index in [1.54, 1.807) is 0 Å². The number of phenols is 2. The van der Waals surface area contributed by atoms with Crippen LogP contribution in [0.2, 0.25) is 0 Å². The molecule has 156 valence electrons. The van der Waals surface area contributed by atoms with Crippen molar-refractivity contribution >= 4 is 17.5 Å². The maximum atomic E-state index is 13.0. The number of carbonyl (C=O) groups is 3. The summed E-state index contributed by atoms with van der Waals surface area (Å²) >= 11 is 0. The topological polar surface area (TPSA) is 110 Å². The Labute approximate surface area is 169 Å². The van der Waals surface area contributed by atoms with E-state index in [1.165, 1.54) is 19.1 Å². The first-order valence-corrected chi connectivity index (χ1v) is 9.43. The molecule has 0 heterocycles. The van der Waals surface area contributed by atoms with E-state index in [2.05, 4.69) is 0 Å². The molecule has 1 aliphatic rings. The molecule has 0 saturated carbocycles. The van der Waals surface area contributed by atoms with Crippen molar-refractivity contribution in [3.05, 3.63) is 46.6 Å². The number of aromatic hydroxyl groups is 2. The van der Waals surface area contributed by atoms with Gasteiger partial charge in [-0.05, 0) is 44.9 Å². The smallest absolute Gasteiger partial charge is 0.302 e. The van der Waals surface area contributed by atoms with Crippen LogP contribution in [0.3, 0.4) is 0 Å². The zero-order chi connectivity index (χ0) is 21.7. The largest absolute Gasteiger partial charge is 0.507 e. The molecule has 0 bridgehead atoms. The van der Waals surface area contributed by atoms with E-state index in [1.807, 2.05) is 26.8 Å². The van der Waals surface area contributed by atoms with Gasteiger partial charge in [-0.3, -0.25) is 14.4 Å². The van der Waals surface area contributed by atoms with Crippen LogP contribution in [0.1, 0.15) is 61.3 Å². The van der Waals surface area contributed by atoms with E-state index in [4.69, 9.17) is 9.47 Å². The summed E-state index contributed by atoms with van der Waals surface area (Å²) in [7, 11) is 0. The van der Waals surface area contributed by atoms with Gasteiger partial charge in [-0.2, -0.15) is 0 Å². The average molecular weight is 402 g/mol. The van der Waals surface area contributed by atoms with Crippen molar-refractivity contribution in [1.82, 2.24) is 0 Å². The first kappa shape index (κ1) is 22.4. The third kappa shape index (κ3) is 5.32. The standard InChI is InChI=1S/C22H26O7/c1-5-14(29-13(4)23)11-28-19(9-6-12(2)3)15-10-18(26)20-16(24)7-8-17(25)21(20)22(15)27/h6-8,10,14,19,24-25H,5,9,11H2,1-4H3/t14?,19-/m1/s1. The van der Waals surface area contributed by atoms with Crippen LogP contribution in [0.15, 0.2) is 35.4 Å². The second kappa shape index (κ2) is 9.52. The zero-order valence-corrected chi connectivity index (χ0v) is 17.0. The molecule has 1 aromatic rings. The molecule has 1 aliphatic carbocycles. The monoisotopic (exact) mass is 402 g/mol. The lowest BCUT2D eigenvalue weighted by Gasteiger charge is -2.25. The molecule has 1 unspecified atom stereocenters. The Morgan fingerprint density at radius 1 is 1.10 bits per heavy atom. The summed E-state index contributed by atoms with van der Waals surface area (Å²) in [5.41, 5.74) is 0.636. The molecule has 0 saturated heterocycles. The number of esters is 1. The van der Waals surface area contributed by atoms with Crippen molar-refractivity contribution in [2.75, 3.05) is 6.61 Å². The summed E-state index contributed by atoms with van der Waals surface area (Å²) in [5.74, 6) is -2.34. The summed E-state index contributed by atoms with van der Waals surface area (Å²) in [6.07, 6.45) is 2.59. The minimum absolute atomic E-state index is 0.0506. The van der Waals surface area contributed by atoms with Crippen LogP contribution in [0.4, 0.5) is 0 Å². The molecule has 7 nitrogen and oxygen atoms in total. The summed E-state index contributed by atoms with van der Waals surface area (Å²) in [5, 5.41) is 20.1. The summed E-state index contributed by atoms with van der Waals surface area (Å²) < 4.78 is 11.1. The molecule has 0 aromatic heterocycles. The first-order valence-electron chi connectivity index (χ1n) is 9.43. The molecular weight excluding hydrogens is 376 g/mol. The number of hydrogen-bond donors (Lipinski definition) is 2. The maximum absolute atomic E-state index is 13.0. The minimum Gasteiger partial charge on any atom is -0.507 e. The Morgan fingerprint density at radius 2 is 1.72 bits per heavy atom. The van der Waals surface area contributed by atoms with Crippen molar-refractivity contribution in [2.45, 2.75) is 52.7 Å². The Hall–Kier alpha value is -2.93. The average Bonchev–Trinajstić information content (AvgIpc) is 2.65. The Balaban J connectivity index is 2.36. The number of hydrogen-bond acceptors (Lipinski definition) is 7. The van der Waals surface area contributed by atoms with E-state index in [9.17, 15) is 24.6 Å². The molecule has 0 aliphatic heterocycles. The molecular formula is C22H26O7. The fourth-order valence-electron chi connectivity index (χ4n) is 3.04. The van der Waals surface area contributed by atoms with Crippen molar-refractivity contribution in [1.29, 1.82) is 0 Å². The fraction of sp³-hybridized carbons (Fsp3) is 0.409. The zero-order valence-electron chi connectivity index (χ0n) is 17.0. The van der Waals surface area contributed by atoms with Gasteiger partial charge >= 0.3 is 5.97 Å². The van der Waals surface area contributed by atoms with Gasteiger partial charge in [0.15, 0.2) is 11.6 Å². The molecule has 29 heavy (non-hydrogen) atoms. The van der Waals surface area contributed by atoms with Crippen LogP contribution in [0.5, 0.6) is 11.5 Å². The number of ketones is 2. The van der Waals surface area contributed by atoms with Gasteiger partial charge in [0.25, 0.3) is 0 Å². The number of benzene rings is 1. The van der Waals surface area contributed by atoms with Crippen LogP contribution in [0.25, 0.3) is 0 Å². The summed E-state index contributed by atoms with van der Waals surface area (Å²) in [6, 6.07) is 2.34. The highest BCUT2D eigenvalue weighted by molar-refractivity contribution is 6.27. The van der Waals surface area contributed by atoms with Crippen molar-refractivity contribution in [3.63, 3.8) is 0 Å². The van der Waals surface area contributed by atoms with Crippen LogP contribution in [-0.2, 0) is 14.3 Å². The maximum Gasteiger partial charge on any atom is 0.302 e. The van der Waals surface area contributed by atoms with E-state index in [0.717, 1.165) is 11.6 Å². The highest BCUT2D eigenvalue weighted by Gasteiger charge is 2.35. The van der Waals surface area contributed by atoms with Gasteiger partial charge in [-0.25, -0.2) is 0 Å². The number of carbonyl (C=O) groups excluding carboxylic acids is 3. The molecule has 0 amide bonds. The van der Waals surface area contributed by atoms with Crippen LogP contribution >= 0.6 is 0 Å². The van der Waals surface area contributed by atoms with Gasteiger partial charge in [-0.1, -0.05) is 18.6 Å². The lowest BCUT2D eigenvalue weighted by atomic mass is 9.85. The van der Waals surface area contributed by atoms with E-state index >= 15 is 0 Å². The van der Waals surface area contributed by atoms with Crippen molar-refractivity contribution in [2.24, 2.45) is 0 Å². The highest BCUT2D eigenvalue weighted by Crippen LogP contribution is 2.36. The fourth-order valence-corrected chi connectivity index (χ4v) is 3.04. The molecule has 7 heteroatoms. The number of fused-ring (bicyclic) bond motifs is 1. The predicted molar refractivity (Wildman–Crippen MR) is 106 cm³/mol. The molecule has 0 fully saturated rings. The number of allylic oxidation sites excluding steroid dienone is 2. The van der Waals surface area contributed by atoms with E-state index < -0.39 is 29.7 Å². The van der Waals surface area contributed by atoms with Crippen LogP contribution in [-0.4, -0.2) is 46.6 Å². The minimum atomic E-state index is -0.777. The Morgan fingerprint density at radius 3 is 2.28 bits per heavy atom. The third-order valence-electron chi connectivity index (χ3n) is 4.54. The third-order valence-corrected chi connectivity index (χ3v) is 4.54. The lowest BCUT2D eigenvalue weighted by molar-refractivity contribution is -0.150. The van der Waals surface area contributed by atoms with E-state index in [0.29, 0.717) is 12.8 Å². The number of ether oxygens (including phenoxy) is 2. The van der Waals surface area contributed by atoms with E-state index in [-0.39, 0.29) is 34.8 Å². The van der Waals surface area contributed by atoms with Gasteiger partial charge in [-0.15, -0.1) is 0 Å². The highest BCUT2D eigenvalue weighted by atomic mass is 16.6. The van der Waals surface area contributed by atoms with Crippen LogP contribution < -0.4 is 0 Å². The van der Waals surface area contributed by atoms with Gasteiger partial charge in [0, 0.05) is 12.5 Å². The molecule has 2 N–H and O–H groups in total. The Bertz CT molecular complexity index is 875. The normalized spacial score (nSPS) is 15.2. The number of rotatable bonds is 8. The van der Waals surface area contributed by atoms with Gasteiger partial charge in [0.1, 0.15) is 17.6 Å². The van der Waals surface area contributed by atoms with Crippen LogP contribution in [0, 0.1) is 0 Å². The summed E-state index contributed by atoms with van der Waals surface area (Å²) in [6.45, 7) is 6.99. The lowest BCUT2D eigenvalue weighted by Crippen LogP contribution is -2.31. The quantitative estimate of drug-likeness (QED) is 0.389. The molecule has 2 atom stereocenters.